The van der Waals surface area contributed by atoms with Crippen LogP contribution in [0, 0.1) is 5.82 Å². The number of anilines is 1. The van der Waals surface area contributed by atoms with Gasteiger partial charge in [0.25, 0.3) is 0 Å². The number of nitrogens with zero attached hydrogens (tertiary/aromatic N) is 2. The van der Waals surface area contributed by atoms with Crippen molar-refractivity contribution >= 4 is 11.9 Å². The van der Waals surface area contributed by atoms with Crippen LogP contribution < -0.4 is 5.32 Å². The third-order valence-electron chi connectivity index (χ3n) is 2.92. The minimum absolute atomic E-state index is 0.112. The highest BCUT2D eigenvalue weighted by Gasteiger charge is 2.29. The Kier molecular flexibility index (Phi) is 4.11. The van der Waals surface area contributed by atoms with E-state index in [4.69, 9.17) is 4.74 Å². The minimum atomic E-state index is -0.485. The molecule has 0 unspecified atom stereocenters. The summed E-state index contributed by atoms with van der Waals surface area (Å²) in [6, 6.07) is 3.06. The average molecular weight is 281 g/mol. The molecule has 1 aliphatic rings. The summed E-state index contributed by atoms with van der Waals surface area (Å²) in [4.78, 5) is 17.5. The van der Waals surface area contributed by atoms with Crippen LogP contribution in [0.1, 0.15) is 27.2 Å². The normalized spacial score (nSPS) is 19.0. The summed E-state index contributed by atoms with van der Waals surface area (Å²) >= 11 is 0. The fourth-order valence-corrected chi connectivity index (χ4v) is 2.04. The predicted molar refractivity (Wildman–Crippen MR) is 74.0 cm³/mol. The van der Waals surface area contributed by atoms with E-state index < -0.39 is 5.60 Å². The number of halogens is 1. The largest absolute Gasteiger partial charge is 0.444 e. The highest BCUT2D eigenvalue weighted by Crippen LogP contribution is 2.17. The molecule has 0 aliphatic carbocycles. The summed E-state index contributed by atoms with van der Waals surface area (Å²) in [6.07, 6.45) is 1.69. The predicted octanol–water partition coefficient (Wildman–Crippen LogP) is 2.64. The van der Waals surface area contributed by atoms with Gasteiger partial charge in [0.1, 0.15) is 17.2 Å². The lowest BCUT2D eigenvalue weighted by Gasteiger charge is -2.24. The second-order valence-electron chi connectivity index (χ2n) is 5.92. The molecule has 0 spiro atoms. The second kappa shape index (κ2) is 5.64. The van der Waals surface area contributed by atoms with Crippen LogP contribution >= 0.6 is 0 Å². The Morgan fingerprint density at radius 2 is 2.25 bits per heavy atom. The van der Waals surface area contributed by atoms with E-state index in [2.05, 4.69) is 10.3 Å². The number of rotatable bonds is 2. The number of carbonyl (C=O) groups is 1. The van der Waals surface area contributed by atoms with Gasteiger partial charge in [0, 0.05) is 19.1 Å². The molecule has 110 valence electrons. The van der Waals surface area contributed by atoms with Gasteiger partial charge >= 0.3 is 6.09 Å². The van der Waals surface area contributed by atoms with E-state index in [1.54, 1.807) is 11.0 Å². The number of hydrogen-bond acceptors (Lipinski definition) is 4. The van der Waals surface area contributed by atoms with Gasteiger partial charge in [-0.05, 0) is 39.3 Å². The Morgan fingerprint density at radius 1 is 1.50 bits per heavy atom. The van der Waals surface area contributed by atoms with Crippen LogP contribution in [0.4, 0.5) is 15.0 Å². The first-order valence-electron chi connectivity index (χ1n) is 6.69. The Bertz CT molecular complexity index is 470. The van der Waals surface area contributed by atoms with Crippen molar-refractivity contribution in [2.24, 2.45) is 0 Å². The van der Waals surface area contributed by atoms with Crippen LogP contribution in [0.25, 0.3) is 0 Å². The number of nitrogens with one attached hydrogen (secondary N) is 1. The van der Waals surface area contributed by atoms with E-state index >= 15 is 0 Å². The number of ether oxygens (including phenoxy) is 1. The number of pyridine rings is 1. The summed E-state index contributed by atoms with van der Waals surface area (Å²) in [5.41, 5.74) is -0.485. The summed E-state index contributed by atoms with van der Waals surface area (Å²) in [5.74, 6) is 0.250. The third-order valence-corrected chi connectivity index (χ3v) is 2.92. The highest BCUT2D eigenvalue weighted by atomic mass is 19.1. The maximum atomic E-state index is 12.8. The van der Waals surface area contributed by atoms with Crippen LogP contribution in [0.5, 0.6) is 0 Å². The molecule has 1 aliphatic heterocycles. The maximum absolute atomic E-state index is 12.8. The standard InChI is InChI=1S/C14H20FN3O2/c1-14(2,3)20-13(19)18-7-6-11(9-18)17-12-5-4-10(15)8-16-12/h4-5,8,11H,6-7,9H2,1-3H3,(H,16,17)/t11-/m0/s1. The smallest absolute Gasteiger partial charge is 0.410 e. The van der Waals surface area contributed by atoms with Gasteiger partial charge in [-0.25, -0.2) is 14.2 Å². The molecule has 2 rings (SSSR count). The molecule has 1 N–H and O–H groups in total. The van der Waals surface area contributed by atoms with Gasteiger partial charge in [-0.3, -0.25) is 0 Å². The number of carbonyl (C=O) groups excluding carboxylic acids is 1. The van der Waals surface area contributed by atoms with Crippen LogP contribution in [0.2, 0.25) is 0 Å². The number of hydrogen-bond donors (Lipinski definition) is 1. The maximum Gasteiger partial charge on any atom is 0.410 e. The summed E-state index contributed by atoms with van der Waals surface area (Å²) in [5, 5.41) is 3.19. The van der Waals surface area contributed by atoms with Crippen molar-refractivity contribution in [2.45, 2.75) is 38.8 Å². The Morgan fingerprint density at radius 3 is 2.85 bits per heavy atom. The van der Waals surface area contributed by atoms with Crippen molar-refractivity contribution in [3.8, 4) is 0 Å². The van der Waals surface area contributed by atoms with Crippen LogP contribution in [-0.4, -0.2) is 40.7 Å². The SMILES string of the molecule is CC(C)(C)OC(=O)N1CC[C@H](Nc2ccc(F)cn2)C1. The molecule has 1 aromatic heterocycles. The zero-order chi connectivity index (χ0) is 14.8. The van der Waals surface area contributed by atoms with E-state index in [0.29, 0.717) is 18.9 Å². The van der Waals surface area contributed by atoms with Crippen molar-refractivity contribution < 1.29 is 13.9 Å². The number of likely N-dealkylation sites (tertiary alicyclic amines) is 1. The second-order valence-corrected chi connectivity index (χ2v) is 5.92. The summed E-state index contributed by atoms with van der Waals surface area (Å²) in [7, 11) is 0. The molecule has 1 fully saturated rings. The van der Waals surface area contributed by atoms with Crippen molar-refractivity contribution in [3.63, 3.8) is 0 Å². The van der Waals surface area contributed by atoms with Crippen molar-refractivity contribution in [1.29, 1.82) is 0 Å². The molecule has 6 heteroatoms. The zero-order valence-corrected chi connectivity index (χ0v) is 12.0. The van der Waals surface area contributed by atoms with E-state index in [1.807, 2.05) is 20.8 Å². The fourth-order valence-electron chi connectivity index (χ4n) is 2.04. The van der Waals surface area contributed by atoms with Crippen molar-refractivity contribution in [1.82, 2.24) is 9.88 Å². The monoisotopic (exact) mass is 281 g/mol. The molecule has 0 bridgehead atoms. The van der Waals surface area contributed by atoms with Gasteiger partial charge in [0.15, 0.2) is 0 Å². The van der Waals surface area contributed by atoms with E-state index in [1.165, 1.54) is 12.3 Å². The topological polar surface area (TPSA) is 54.5 Å². The average Bonchev–Trinajstić information content (AvgIpc) is 2.79. The van der Waals surface area contributed by atoms with Gasteiger partial charge in [0.05, 0.1) is 6.20 Å². The molecule has 1 aromatic rings. The Labute approximate surface area is 118 Å². The molecule has 0 aromatic carbocycles. The minimum Gasteiger partial charge on any atom is -0.444 e. The quantitative estimate of drug-likeness (QED) is 0.905. The van der Waals surface area contributed by atoms with Gasteiger partial charge < -0.3 is 15.0 Å². The fraction of sp³-hybridized carbons (Fsp3) is 0.571. The molecule has 2 heterocycles. The van der Waals surface area contributed by atoms with Crippen molar-refractivity contribution in [3.05, 3.63) is 24.1 Å². The first kappa shape index (κ1) is 14.6. The molecule has 20 heavy (non-hydrogen) atoms. The lowest BCUT2D eigenvalue weighted by atomic mass is 10.2. The lowest BCUT2D eigenvalue weighted by Crippen LogP contribution is -2.36. The van der Waals surface area contributed by atoms with Crippen LogP contribution in [0.15, 0.2) is 18.3 Å². The molecule has 1 saturated heterocycles. The van der Waals surface area contributed by atoms with Gasteiger partial charge in [-0.15, -0.1) is 0 Å². The van der Waals surface area contributed by atoms with Crippen molar-refractivity contribution in [2.75, 3.05) is 18.4 Å². The number of amides is 1. The Balaban J connectivity index is 1.86. The Hall–Kier alpha value is -1.85. The zero-order valence-electron chi connectivity index (χ0n) is 12.0. The summed E-state index contributed by atoms with van der Waals surface area (Å²) < 4.78 is 18.1. The van der Waals surface area contributed by atoms with Gasteiger partial charge in [-0.2, -0.15) is 0 Å². The number of aromatic nitrogens is 1. The molecule has 1 amide bonds. The molecular weight excluding hydrogens is 261 g/mol. The third kappa shape index (κ3) is 4.08. The van der Waals surface area contributed by atoms with E-state index in [-0.39, 0.29) is 18.0 Å². The molecule has 0 radical (unpaired) electrons. The van der Waals surface area contributed by atoms with Crippen LogP contribution in [-0.2, 0) is 4.74 Å². The molecular formula is C14H20FN3O2. The first-order valence-corrected chi connectivity index (χ1v) is 6.69. The lowest BCUT2D eigenvalue weighted by molar-refractivity contribution is 0.0293. The molecule has 5 nitrogen and oxygen atoms in total. The van der Waals surface area contributed by atoms with E-state index in [9.17, 15) is 9.18 Å². The molecule has 1 atom stereocenters. The first-order chi connectivity index (χ1) is 9.33. The van der Waals surface area contributed by atoms with Gasteiger partial charge in [0.2, 0.25) is 0 Å². The molecule has 0 saturated carbocycles. The van der Waals surface area contributed by atoms with Crippen LogP contribution in [0.3, 0.4) is 0 Å². The summed E-state index contributed by atoms with van der Waals surface area (Å²) in [6.45, 7) is 6.75. The van der Waals surface area contributed by atoms with E-state index in [0.717, 1.165) is 6.42 Å². The van der Waals surface area contributed by atoms with Gasteiger partial charge in [-0.1, -0.05) is 0 Å². The highest BCUT2D eigenvalue weighted by molar-refractivity contribution is 5.68.